The average molecular weight is 331 g/mol. The fourth-order valence-electron chi connectivity index (χ4n) is 3.32. The maximum Gasteiger partial charge on any atom is 0.223 e. The van der Waals surface area contributed by atoms with Crippen LogP contribution >= 0.6 is 0 Å². The molecule has 0 spiro atoms. The van der Waals surface area contributed by atoms with Crippen LogP contribution < -0.4 is 0 Å². The number of H-pyrrole nitrogens is 1. The Morgan fingerprint density at radius 1 is 1.08 bits per heavy atom. The van der Waals surface area contributed by atoms with Crippen molar-refractivity contribution >= 4 is 22.5 Å². The molecule has 0 aliphatic carbocycles. The first-order valence-corrected chi connectivity index (χ1v) is 8.75. The van der Waals surface area contributed by atoms with Gasteiger partial charge in [0.05, 0.1) is 11.0 Å². The standard InChI is InChI=1S/C21H21N3O/c25-21(11-10-20-22-18-8-4-5-9-19(18)23-20)24-14-12-17(13-15-24)16-6-2-1-3-7-16/h1-9,12H,10-11,13-15H2,(H,22,23). The van der Waals surface area contributed by atoms with Gasteiger partial charge in [-0.2, -0.15) is 0 Å². The smallest absolute Gasteiger partial charge is 0.223 e. The molecule has 4 rings (SSSR count). The minimum Gasteiger partial charge on any atom is -0.342 e. The number of benzene rings is 2. The number of para-hydroxylation sites is 2. The van der Waals surface area contributed by atoms with Gasteiger partial charge in [-0.3, -0.25) is 4.79 Å². The van der Waals surface area contributed by atoms with Gasteiger partial charge in [0.2, 0.25) is 5.91 Å². The van der Waals surface area contributed by atoms with E-state index >= 15 is 0 Å². The maximum atomic E-state index is 12.5. The Bertz CT molecular complexity index is 878. The topological polar surface area (TPSA) is 49.0 Å². The predicted molar refractivity (Wildman–Crippen MR) is 100 cm³/mol. The Balaban J connectivity index is 1.35. The van der Waals surface area contributed by atoms with Crippen LogP contribution in [0.3, 0.4) is 0 Å². The third kappa shape index (κ3) is 3.48. The van der Waals surface area contributed by atoms with E-state index in [1.807, 2.05) is 35.2 Å². The number of carbonyl (C=O) groups is 1. The van der Waals surface area contributed by atoms with E-state index in [-0.39, 0.29) is 5.91 Å². The number of amides is 1. The van der Waals surface area contributed by atoms with E-state index in [0.29, 0.717) is 19.4 Å². The van der Waals surface area contributed by atoms with Gasteiger partial charge in [-0.15, -0.1) is 0 Å². The van der Waals surface area contributed by atoms with Gasteiger partial charge >= 0.3 is 0 Å². The largest absolute Gasteiger partial charge is 0.342 e. The summed E-state index contributed by atoms with van der Waals surface area (Å²) in [6, 6.07) is 18.4. The summed E-state index contributed by atoms with van der Waals surface area (Å²) >= 11 is 0. The number of hydrogen-bond acceptors (Lipinski definition) is 2. The van der Waals surface area contributed by atoms with Crippen LogP contribution in [0.15, 0.2) is 60.7 Å². The molecule has 2 heterocycles. The highest BCUT2D eigenvalue weighted by Crippen LogP contribution is 2.22. The van der Waals surface area contributed by atoms with Crippen molar-refractivity contribution in [3.8, 4) is 0 Å². The monoisotopic (exact) mass is 331 g/mol. The summed E-state index contributed by atoms with van der Waals surface area (Å²) in [7, 11) is 0. The summed E-state index contributed by atoms with van der Waals surface area (Å²) < 4.78 is 0. The van der Waals surface area contributed by atoms with E-state index in [1.165, 1.54) is 11.1 Å². The molecule has 1 aliphatic rings. The number of nitrogens with one attached hydrogen (secondary N) is 1. The number of aromatic nitrogens is 2. The second kappa shape index (κ2) is 6.93. The van der Waals surface area contributed by atoms with E-state index in [2.05, 4.69) is 40.3 Å². The van der Waals surface area contributed by atoms with Crippen LogP contribution in [0.5, 0.6) is 0 Å². The summed E-state index contributed by atoms with van der Waals surface area (Å²) in [6.07, 6.45) is 4.24. The fraction of sp³-hybridized carbons (Fsp3) is 0.238. The van der Waals surface area contributed by atoms with Crippen molar-refractivity contribution in [3.05, 3.63) is 72.1 Å². The van der Waals surface area contributed by atoms with Gasteiger partial charge in [-0.1, -0.05) is 48.5 Å². The first-order chi connectivity index (χ1) is 12.3. The minimum absolute atomic E-state index is 0.198. The number of rotatable bonds is 4. The summed E-state index contributed by atoms with van der Waals surface area (Å²) in [4.78, 5) is 22.3. The minimum atomic E-state index is 0.198. The molecule has 0 saturated heterocycles. The van der Waals surface area contributed by atoms with Crippen molar-refractivity contribution in [2.45, 2.75) is 19.3 Å². The van der Waals surface area contributed by atoms with E-state index < -0.39 is 0 Å². The first-order valence-electron chi connectivity index (χ1n) is 8.75. The van der Waals surface area contributed by atoms with Gasteiger partial charge in [0.1, 0.15) is 5.82 Å². The van der Waals surface area contributed by atoms with Crippen LogP contribution in [0.2, 0.25) is 0 Å². The molecule has 1 N–H and O–H groups in total. The fourth-order valence-corrected chi connectivity index (χ4v) is 3.32. The Morgan fingerprint density at radius 3 is 2.64 bits per heavy atom. The molecule has 1 amide bonds. The molecule has 126 valence electrons. The lowest BCUT2D eigenvalue weighted by atomic mass is 9.99. The Hall–Kier alpha value is -2.88. The molecule has 0 radical (unpaired) electrons. The van der Waals surface area contributed by atoms with E-state index in [0.717, 1.165) is 29.8 Å². The van der Waals surface area contributed by atoms with Crippen molar-refractivity contribution in [3.63, 3.8) is 0 Å². The van der Waals surface area contributed by atoms with Gasteiger partial charge < -0.3 is 9.88 Å². The Kier molecular flexibility index (Phi) is 4.34. The molecular weight excluding hydrogens is 310 g/mol. The highest BCUT2D eigenvalue weighted by atomic mass is 16.2. The summed E-state index contributed by atoms with van der Waals surface area (Å²) in [5.74, 6) is 1.08. The molecule has 0 atom stereocenters. The average Bonchev–Trinajstić information content (AvgIpc) is 3.10. The van der Waals surface area contributed by atoms with Crippen molar-refractivity contribution in [1.29, 1.82) is 0 Å². The van der Waals surface area contributed by atoms with E-state index in [4.69, 9.17) is 0 Å². The molecule has 1 aliphatic heterocycles. The summed E-state index contributed by atoms with van der Waals surface area (Å²) in [5.41, 5.74) is 4.58. The molecule has 4 heteroatoms. The number of imidazole rings is 1. The molecule has 0 unspecified atom stereocenters. The number of aromatic amines is 1. The van der Waals surface area contributed by atoms with Crippen molar-refractivity contribution in [1.82, 2.24) is 14.9 Å². The SMILES string of the molecule is O=C(CCc1nc2ccccc2[nH]1)N1CC=C(c2ccccc2)CC1. The molecule has 0 fully saturated rings. The lowest BCUT2D eigenvalue weighted by molar-refractivity contribution is -0.130. The lowest BCUT2D eigenvalue weighted by Crippen LogP contribution is -2.34. The van der Waals surface area contributed by atoms with Crippen molar-refractivity contribution < 1.29 is 4.79 Å². The van der Waals surface area contributed by atoms with Crippen LogP contribution in [0.1, 0.15) is 24.2 Å². The second-order valence-electron chi connectivity index (χ2n) is 6.39. The third-order valence-electron chi connectivity index (χ3n) is 4.72. The molecule has 0 bridgehead atoms. The van der Waals surface area contributed by atoms with Crippen LogP contribution in [-0.2, 0) is 11.2 Å². The molecule has 2 aromatic carbocycles. The summed E-state index contributed by atoms with van der Waals surface area (Å²) in [6.45, 7) is 1.49. The zero-order chi connectivity index (χ0) is 17.1. The van der Waals surface area contributed by atoms with Crippen LogP contribution in [-0.4, -0.2) is 33.9 Å². The van der Waals surface area contributed by atoms with E-state index in [1.54, 1.807) is 0 Å². The first kappa shape index (κ1) is 15.6. The van der Waals surface area contributed by atoms with Gasteiger partial charge in [0, 0.05) is 25.9 Å². The number of fused-ring (bicyclic) bond motifs is 1. The number of carbonyl (C=O) groups excluding carboxylic acids is 1. The molecule has 0 saturated carbocycles. The highest BCUT2D eigenvalue weighted by Gasteiger charge is 2.18. The van der Waals surface area contributed by atoms with Gasteiger partial charge in [-0.05, 0) is 29.7 Å². The Labute approximate surface area is 147 Å². The predicted octanol–water partition coefficient (Wildman–Crippen LogP) is 3.81. The molecular formula is C21H21N3O. The lowest BCUT2D eigenvalue weighted by Gasteiger charge is -2.26. The number of hydrogen-bond donors (Lipinski definition) is 1. The van der Waals surface area contributed by atoms with Gasteiger partial charge in [0.25, 0.3) is 0 Å². The van der Waals surface area contributed by atoms with Crippen LogP contribution in [0, 0.1) is 0 Å². The molecule has 4 nitrogen and oxygen atoms in total. The zero-order valence-corrected chi connectivity index (χ0v) is 14.1. The van der Waals surface area contributed by atoms with Crippen molar-refractivity contribution in [2.75, 3.05) is 13.1 Å². The van der Waals surface area contributed by atoms with Crippen LogP contribution in [0.25, 0.3) is 16.6 Å². The quantitative estimate of drug-likeness (QED) is 0.790. The molecule has 3 aromatic rings. The zero-order valence-electron chi connectivity index (χ0n) is 14.1. The number of nitrogens with zero attached hydrogens (tertiary/aromatic N) is 2. The van der Waals surface area contributed by atoms with Crippen LogP contribution in [0.4, 0.5) is 0 Å². The Morgan fingerprint density at radius 2 is 1.88 bits per heavy atom. The summed E-state index contributed by atoms with van der Waals surface area (Å²) in [5, 5.41) is 0. The molecule has 1 aromatic heterocycles. The van der Waals surface area contributed by atoms with Gasteiger partial charge in [-0.25, -0.2) is 4.98 Å². The second-order valence-corrected chi connectivity index (χ2v) is 6.39. The van der Waals surface area contributed by atoms with Crippen molar-refractivity contribution in [2.24, 2.45) is 0 Å². The van der Waals surface area contributed by atoms with E-state index in [9.17, 15) is 4.79 Å². The van der Waals surface area contributed by atoms with Gasteiger partial charge in [0.15, 0.2) is 0 Å². The normalized spacial score (nSPS) is 14.6. The number of aryl methyl sites for hydroxylation is 1. The maximum absolute atomic E-state index is 12.5. The third-order valence-corrected chi connectivity index (χ3v) is 4.72. The molecule has 25 heavy (non-hydrogen) atoms. The highest BCUT2D eigenvalue weighted by molar-refractivity contribution is 5.79.